The van der Waals surface area contributed by atoms with Crippen LogP contribution in [0.15, 0.2) is 136 Å². The molecule has 8 aliphatic heterocycles. The zero-order valence-corrected chi connectivity index (χ0v) is 69.8. The molecule has 0 saturated carbocycles. The average Bonchev–Trinajstić information content (AvgIpc) is 1.56. The molecule has 12 heterocycles. The third-order valence-corrected chi connectivity index (χ3v) is 24.4. The summed E-state index contributed by atoms with van der Waals surface area (Å²) in [5.74, 6) is -6.52. The van der Waals surface area contributed by atoms with E-state index in [0.29, 0.717) is 68.4 Å². The molecule has 128 heavy (non-hydrogen) atoms. The highest BCUT2D eigenvalue weighted by Gasteiger charge is 2.62. The van der Waals surface area contributed by atoms with Gasteiger partial charge in [0.15, 0.2) is 24.9 Å². The van der Waals surface area contributed by atoms with Crippen LogP contribution in [0, 0.1) is 49.4 Å². The van der Waals surface area contributed by atoms with E-state index in [1.54, 1.807) is 9.97 Å². The number of hydrogen-bond donors (Lipinski definition) is 12. The van der Waals surface area contributed by atoms with Crippen molar-refractivity contribution in [3.63, 3.8) is 0 Å². The number of aliphatic hydroxyl groups excluding tert-OH is 8. The van der Waals surface area contributed by atoms with Gasteiger partial charge in [-0.3, -0.25) is 93.6 Å². The first-order valence-electron chi connectivity index (χ1n) is 38.3. The van der Waals surface area contributed by atoms with E-state index in [0.717, 1.165) is 12.4 Å². The first-order valence-corrected chi connectivity index (χ1v) is 42.6. The van der Waals surface area contributed by atoms with Gasteiger partial charge in [-0.2, -0.15) is 0 Å². The van der Waals surface area contributed by atoms with E-state index in [4.69, 9.17) is 149 Å². The van der Waals surface area contributed by atoms with Crippen molar-refractivity contribution in [3.8, 4) is 72.4 Å². The van der Waals surface area contributed by atoms with E-state index in [9.17, 15) is 97.5 Å². The smallest absolute Gasteiger partial charge is 0.404 e. The Morgan fingerprint density at radius 2 is 0.641 bits per heavy atom. The first kappa shape index (κ1) is 87.4. The molecule has 0 spiro atoms. The van der Waals surface area contributed by atoms with Gasteiger partial charge >= 0.3 is 54.0 Å². The highest BCUT2D eigenvalue weighted by molar-refractivity contribution is 7.49. The van der Waals surface area contributed by atoms with Crippen molar-refractivity contribution in [1.82, 2.24) is 38.2 Å². The molecule has 8 aliphatic rings. The molecular weight excluding hydrogens is 1890 g/mol. The van der Waals surface area contributed by atoms with Gasteiger partial charge < -0.3 is 77.9 Å². The molecule has 20 atom stereocenters. The number of phosphoric acid groups is 4. The molecule has 8 aromatic rings. The number of fused-ring (bicyclic) bond motifs is 4. The van der Waals surface area contributed by atoms with Crippen molar-refractivity contribution in [1.29, 1.82) is 0 Å². The molecule has 0 bridgehead atoms. The lowest BCUT2D eigenvalue weighted by atomic mass is 10.1. The molecule has 4 fully saturated rings. The van der Waals surface area contributed by atoms with Gasteiger partial charge in [-0.25, -0.2) is 55.0 Å². The van der Waals surface area contributed by atoms with Gasteiger partial charge in [0.25, 0.3) is 45.7 Å². The van der Waals surface area contributed by atoms with Gasteiger partial charge in [0, 0.05) is 67.1 Å². The van der Waals surface area contributed by atoms with Gasteiger partial charge in [-0.15, -0.1) is 25.7 Å². The quantitative estimate of drug-likeness (QED) is 0.0375. The normalized spacial score (nSPS) is 33.6. The number of rotatable bonds is 16. The molecule has 4 aromatic heterocycles. The van der Waals surface area contributed by atoms with E-state index >= 15 is 17.6 Å². The van der Waals surface area contributed by atoms with Crippen LogP contribution < -0.4 is 63.1 Å². The minimum absolute atomic E-state index is 0.0323. The van der Waals surface area contributed by atoms with Crippen LogP contribution in [0.2, 0.25) is 20.1 Å². The van der Waals surface area contributed by atoms with Crippen LogP contribution in [-0.2, 0) is 99.8 Å². The number of terminal acetylenes is 4. The Morgan fingerprint density at radius 1 is 0.398 bits per heavy atom. The summed E-state index contributed by atoms with van der Waals surface area (Å²) in [6.45, 7) is -11.5. The predicted molar refractivity (Wildman–Crippen MR) is 423 cm³/mol. The first-order chi connectivity index (χ1) is 62.4. The van der Waals surface area contributed by atoms with Crippen molar-refractivity contribution in [2.45, 2.75) is 124 Å². The number of aliphatic hydroxyl groups is 8. The number of hydrogen-bond acceptors (Lipinski definition) is 36. The topological polar surface area (TPSA) is 597 Å². The number of H-pyrrole nitrogens is 4. The van der Waals surface area contributed by atoms with E-state index in [1.165, 1.54) is 72.8 Å². The lowest BCUT2D eigenvalue weighted by molar-refractivity contribution is -0.205. The fourth-order valence-corrected chi connectivity index (χ4v) is 17.4. The number of nitrogens with one attached hydrogen (secondary N) is 4. The van der Waals surface area contributed by atoms with E-state index < -0.39 is 230 Å². The number of halogens is 8. The maximum Gasteiger partial charge on any atom is 0.530 e. The average molecular weight is 1960 g/mol. The number of benzene rings is 4. The number of aromatic amines is 4. The second-order valence-corrected chi connectivity index (χ2v) is 34.9. The molecule has 12 N–H and O–H groups in total. The minimum atomic E-state index is -4.90. The van der Waals surface area contributed by atoms with Gasteiger partial charge in [0.2, 0.25) is 0 Å². The maximum atomic E-state index is 15.9. The molecule has 680 valence electrons. The second kappa shape index (κ2) is 37.1. The fourth-order valence-electron chi connectivity index (χ4n) is 11.9. The van der Waals surface area contributed by atoms with Crippen molar-refractivity contribution in [2.24, 2.45) is 0 Å². The van der Waals surface area contributed by atoms with Gasteiger partial charge in [-0.05, 0) is 72.8 Å². The van der Waals surface area contributed by atoms with E-state index in [1.807, 2.05) is 33.6 Å². The van der Waals surface area contributed by atoms with E-state index in [-0.39, 0.29) is 46.3 Å². The standard InChI is InChI=1S/4C18H15ClFN2O9P/c4*1-2-9-6-22(17(26)21-15(9)25)16-13(23)14(24)18(20,30-16)8-29-32(27)28-7-10-5-11(19)3-4-12(10)31-32/h4*1,3-6,13-14,16,23-24H,7-8H2,(H,21,25,26)/t4*13-,14+,16-,18-,32?/m1111/s1/i8D2,16D;16D;8D2;. The van der Waals surface area contributed by atoms with Crippen molar-refractivity contribution < 1.29 is 158 Å². The predicted octanol–water partition coefficient (Wildman–Crippen LogP) is 3.29. The zero-order valence-electron chi connectivity index (χ0n) is 69.2. The van der Waals surface area contributed by atoms with Crippen LogP contribution in [-0.4, -0.2) is 178 Å². The third kappa shape index (κ3) is 19.9. The third-order valence-electron chi connectivity index (χ3n) is 18.5. The van der Waals surface area contributed by atoms with Crippen LogP contribution in [0.1, 0.15) is 77.6 Å². The monoisotopic (exact) mass is 1960 g/mol. The summed E-state index contributed by atoms with van der Waals surface area (Å²) in [7, 11) is -18.4. The summed E-state index contributed by atoms with van der Waals surface area (Å²) in [6.07, 6.45) is -6.05. The fraction of sp³-hybridized carbons (Fsp3) is 0.333. The largest absolute Gasteiger partial charge is 0.530 e. The molecule has 4 aromatic carbocycles. The highest BCUT2D eigenvalue weighted by atomic mass is 35.5. The second-order valence-electron chi connectivity index (χ2n) is 26.9. The molecule has 4 unspecified atom stereocenters. The maximum absolute atomic E-state index is 15.9. The summed E-state index contributed by atoms with van der Waals surface area (Å²) in [4.78, 5) is 102. The molecule has 4 saturated heterocycles. The Bertz CT molecular complexity index is 7010. The Hall–Kier alpha value is -9.96. The van der Waals surface area contributed by atoms with Gasteiger partial charge in [0.1, 0.15) is 120 Å². The van der Waals surface area contributed by atoms with Crippen LogP contribution in [0.4, 0.5) is 17.6 Å². The summed E-state index contributed by atoms with van der Waals surface area (Å²) in [5.41, 5.74) is -8.80. The lowest BCUT2D eigenvalue weighted by Gasteiger charge is -2.28. The van der Waals surface area contributed by atoms with Gasteiger partial charge in [-0.1, -0.05) is 70.1 Å². The van der Waals surface area contributed by atoms with Crippen molar-refractivity contribution in [3.05, 3.63) is 246 Å². The Morgan fingerprint density at radius 3 is 0.953 bits per heavy atom. The molecule has 16 rings (SSSR count). The van der Waals surface area contributed by atoms with Crippen LogP contribution in [0.25, 0.3) is 0 Å². The molecule has 56 heteroatoms. The Balaban J connectivity index is 0.000000152. The summed E-state index contributed by atoms with van der Waals surface area (Å²) in [6, 6.07) is 17.0. The molecular formula is C72H60Cl4F4N8O36P4. The Labute approximate surface area is 738 Å². The number of aromatic nitrogens is 8. The number of nitrogens with zero attached hydrogens (tertiary/aromatic N) is 4. The zero-order chi connectivity index (χ0) is 98.5. The molecule has 0 amide bonds. The van der Waals surface area contributed by atoms with E-state index in [2.05, 4.69) is 4.52 Å². The minimum Gasteiger partial charge on any atom is -0.404 e. The molecule has 0 radical (unpaired) electrons. The SMILES string of the molecule is C#Cc1cn([C@@H]2O[C@](F)(COP3(=O)OCc4cc(Cl)ccc4O3)[C@@H](O)[C@H]2O)c(=O)[nH]c1=O.[2H]C([2H])(OP1(=O)OCc2cc(Cl)ccc2O1)[C@@]1(F)O[C@@H](n2cc(C#C)c(=O)[nH]c2=O)[C@H](O)[C@@H]1O.[2H]C([2H])(OP1(=O)OCc2cc(Cl)ccc2O1)[C@@]1(F)O[C@@]([2H])(n2cc(C#C)c(=O)[nH]c2=O)[C@H](O)[C@@H]1O.[2H][C@@]1(n2cc(C#C)c(=O)[nH]c2=O)O[C@](F)(COP2(=O)OCc3cc(Cl)ccc3O2)[C@@H](O)[C@H]1O. The van der Waals surface area contributed by atoms with Crippen LogP contribution >= 0.6 is 77.7 Å². The number of ether oxygens (including phenoxy) is 4. The lowest BCUT2D eigenvalue weighted by Crippen LogP contribution is -2.43. The van der Waals surface area contributed by atoms with Crippen LogP contribution in [0.5, 0.6) is 23.0 Å². The summed E-state index contributed by atoms with van der Waals surface area (Å²) >= 11 is 23.4. The Kier molecular flexibility index (Phi) is 25.3. The molecule has 44 nitrogen and oxygen atoms in total. The van der Waals surface area contributed by atoms with Gasteiger partial charge in [0.05, 0.1) is 34.7 Å². The van der Waals surface area contributed by atoms with Crippen LogP contribution in [0.3, 0.4) is 0 Å². The van der Waals surface area contributed by atoms with Crippen molar-refractivity contribution in [2.75, 3.05) is 26.3 Å². The number of alkyl halides is 4. The number of phosphoric ester groups is 4. The van der Waals surface area contributed by atoms with Crippen molar-refractivity contribution >= 4 is 77.7 Å². The summed E-state index contributed by atoms with van der Waals surface area (Å²) < 4.78 is 243. The summed E-state index contributed by atoms with van der Waals surface area (Å²) in [5, 5.41) is 83.6. The molecule has 0 aliphatic carbocycles. The highest BCUT2D eigenvalue weighted by Crippen LogP contribution is 2.60.